The van der Waals surface area contributed by atoms with Crippen molar-refractivity contribution in [2.24, 2.45) is 11.3 Å². The van der Waals surface area contributed by atoms with E-state index in [0.29, 0.717) is 12.4 Å². The Kier molecular flexibility index (Phi) is 9.29. The molecule has 0 radical (unpaired) electrons. The van der Waals surface area contributed by atoms with Crippen LogP contribution < -0.4 is 10.6 Å². The lowest BCUT2D eigenvalue weighted by Gasteiger charge is -2.40. The molecule has 1 saturated heterocycles. The minimum Gasteiger partial charge on any atom is -0.447 e. The summed E-state index contributed by atoms with van der Waals surface area (Å²) in [4.78, 5) is 36.2. The van der Waals surface area contributed by atoms with Gasteiger partial charge in [-0.3, -0.25) is 15.1 Å². The molecule has 2 aliphatic heterocycles. The highest BCUT2D eigenvalue weighted by Gasteiger charge is 2.57. The van der Waals surface area contributed by atoms with Crippen LogP contribution in [0.5, 0.6) is 0 Å². The molecule has 258 valence electrons. The number of carbonyl (C=O) groups is 2. The summed E-state index contributed by atoms with van der Waals surface area (Å²) in [6.45, 7) is 6.15. The summed E-state index contributed by atoms with van der Waals surface area (Å²) in [5.74, 6) is -1.45. The standard InChI is InChI=1S/C30H33ClF5N9O3/c1-16(30(34,35)36)41-27(47)48-13-21(17-5-7-19(31)20(11-17)45-24(23(32)33)39-15-40-45)44-25(46)29(42-26(44)37,14-28(2,3)4)18-6-8-22-38-9-10-43(22)12-18/h5-11,15-16,18,21,23H,12-14H2,1-4H3,(H2,37,42)(H,41,47)/t16-,18?,21+,29+/m0/s1. The smallest absolute Gasteiger partial charge is 0.408 e. The summed E-state index contributed by atoms with van der Waals surface area (Å²) >= 11 is 6.38. The summed E-state index contributed by atoms with van der Waals surface area (Å²) in [5.41, 5.74) is -1.74. The number of guanidine groups is 1. The Morgan fingerprint density at radius 2 is 1.98 bits per heavy atom. The Labute approximate surface area is 276 Å². The maximum Gasteiger partial charge on any atom is 0.408 e. The number of alkyl halides is 5. The van der Waals surface area contributed by atoms with Crippen molar-refractivity contribution in [2.75, 3.05) is 6.61 Å². The van der Waals surface area contributed by atoms with Crippen LogP contribution in [0.3, 0.4) is 0 Å². The zero-order valence-electron chi connectivity index (χ0n) is 26.2. The van der Waals surface area contributed by atoms with E-state index in [0.717, 1.165) is 22.8 Å². The van der Waals surface area contributed by atoms with E-state index >= 15 is 0 Å². The van der Waals surface area contributed by atoms with E-state index in [1.165, 1.54) is 18.2 Å². The molecule has 48 heavy (non-hydrogen) atoms. The predicted octanol–water partition coefficient (Wildman–Crippen LogP) is 5.66. The number of hydrogen-bond donors (Lipinski definition) is 3. The molecule has 12 nitrogen and oxygen atoms in total. The second-order valence-electron chi connectivity index (χ2n) is 12.8. The molecule has 0 aliphatic carbocycles. The predicted molar refractivity (Wildman–Crippen MR) is 163 cm³/mol. The van der Waals surface area contributed by atoms with Crippen molar-refractivity contribution in [2.45, 2.75) is 70.9 Å². The molecular formula is C30H33ClF5N9O3. The topological polar surface area (TPSA) is 143 Å². The van der Waals surface area contributed by atoms with Crippen molar-refractivity contribution in [3.05, 3.63) is 65.2 Å². The van der Waals surface area contributed by atoms with Crippen LogP contribution in [0.2, 0.25) is 5.02 Å². The molecule has 3 aromatic rings. The fourth-order valence-electron chi connectivity index (χ4n) is 5.97. The molecule has 18 heteroatoms. The fraction of sp³-hybridized carbons (Fsp3) is 0.467. The molecule has 3 N–H and O–H groups in total. The molecule has 2 aliphatic rings. The van der Waals surface area contributed by atoms with Crippen molar-refractivity contribution in [3.8, 4) is 5.69 Å². The van der Waals surface area contributed by atoms with E-state index in [1.807, 2.05) is 31.4 Å². The largest absolute Gasteiger partial charge is 0.447 e. The van der Waals surface area contributed by atoms with E-state index in [4.69, 9.17) is 21.7 Å². The summed E-state index contributed by atoms with van der Waals surface area (Å²) in [5, 5.41) is 17.7. The number of fused-ring (bicyclic) bond motifs is 1. The van der Waals surface area contributed by atoms with Crippen molar-refractivity contribution in [1.29, 1.82) is 5.41 Å². The van der Waals surface area contributed by atoms with Crippen LogP contribution in [0.25, 0.3) is 11.8 Å². The summed E-state index contributed by atoms with van der Waals surface area (Å²) in [6, 6.07) is 0.515. The number of aromatic nitrogens is 5. The number of halogens is 6. The Morgan fingerprint density at radius 1 is 1.25 bits per heavy atom. The van der Waals surface area contributed by atoms with Gasteiger partial charge in [0.25, 0.3) is 12.3 Å². The maximum absolute atomic E-state index is 14.8. The van der Waals surface area contributed by atoms with Crippen molar-refractivity contribution >= 4 is 35.6 Å². The molecule has 5 rings (SSSR count). The average molecular weight is 698 g/mol. The Bertz CT molecular complexity index is 1730. The SMILES string of the molecule is C[C@H](NC(=O)OC[C@H](c1ccc(Cl)c(-n2ncnc2C(F)F)c1)N1C(=N)N[C@](CC(C)(C)C)(C2C=Cc3nccn3C2)C1=O)C(F)(F)F. The van der Waals surface area contributed by atoms with Crippen LogP contribution >= 0.6 is 11.6 Å². The maximum atomic E-state index is 14.8. The first-order valence-corrected chi connectivity index (χ1v) is 15.2. The first-order chi connectivity index (χ1) is 22.4. The van der Waals surface area contributed by atoms with Crippen LogP contribution in [-0.4, -0.2) is 71.5 Å². The van der Waals surface area contributed by atoms with Gasteiger partial charge < -0.3 is 19.9 Å². The summed E-state index contributed by atoms with van der Waals surface area (Å²) < 4.78 is 74.8. The van der Waals surface area contributed by atoms with Gasteiger partial charge in [0.2, 0.25) is 0 Å². The summed E-state index contributed by atoms with van der Waals surface area (Å²) in [7, 11) is 0. The van der Waals surface area contributed by atoms with E-state index in [1.54, 1.807) is 23.8 Å². The minimum atomic E-state index is -4.75. The van der Waals surface area contributed by atoms with E-state index < -0.39 is 66.0 Å². The van der Waals surface area contributed by atoms with Gasteiger partial charge in [0.05, 0.1) is 16.8 Å². The molecule has 0 spiro atoms. The van der Waals surface area contributed by atoms with E-state index in [9.17, 15) is 31.5 Å². The average Bonchev–Trinajstić information content (AvgIpc) is 3.72. The van der Waals surface area contributed by atoms with Crippen LogP contribution in [-0.2, 0) is 16.1 Å². The summed E-state index contributed by atoms with van der Waals surface area (Å²) in [6.07, 6.45) is -1.05. The molecule has 2 amide bonds. The fourth-order valence-corrected chi connectivity index (χ4v) is 6.16. The van der Waals surface area contributed by atoms with Gasteiger partial charge in [0.15, 0.2) is 11.8 Å². The number of rotatable bonds is 9. The number of nitrogens with zero attached hydrogens (tertiary/aromatic N) is 6. The Hall–Kier alpha value is -4.54. The second kappa shape index (κ2) is 12.8. The van der Waals surface area contributed by atoms with E-state index in [-0.39, 0.29) is 28.7 Å². The van der Waals surface area contributed by atoms with Crippen molar-refractivity contribution in [1.82, 2.24) is 39.8 Å². The molecule has 4 atom stereocenters. The number of hydrogen-bond acceptors (Lipinski definition) is 7. The van der Waals surface area contributed by atoms with Crippen molar-refractivity contribution in [3.63, 3.8) is 0 Å². The molecular weight excluding hydrogens is 665 g/mol. The lowest BCUT2D eigenvalue weighted by Crippen LogP contribution is -2.56. The normalized spacial score (nSPS) is 20.9. The lowest BCUT2D eigenvalue weighted by atomic mass is 9.71. The number of nitrogens with one attached hydrogen (secondary N) is 3. The van der Waals surface area contributed by atoms with Gasteiger partial charge in [0, 0.05) is 24.9 Å². The first kappa shape index (κ1) is 34.8. The molecule has 4 heterocycles. The van der Waals surface area contributed by atoms with Gasteiger partial charge >= 0.3 is 12.3 Å². The quantitative estimate of drug-likeness (QED) is 0.245. The third-order valence-corrected chi connectivity index (χ3v) is 8.43. The van der Waals surface area contributed by atoms with Gasteiger partial charge in [-0.25, -0.2) is 28.2 Å². The number of alkyl carbamates (subject to hydrolysis) is 1. The highest BCUT2D eigenvalue weighted by Crippen LogP contribution is 2.43. The lowest BCUT2D eigenvalue weighted by molar-refractivity contribution is -0.150. The zero-order valence-corrected chi connectivity index (χ0v) is 27.0. The third kappa shape index (κ3) is 6.86. The molecule has 1 aromatic carbocycles. The monoisotopic (exact) mass is 697 g/mol. The van der Waals surface area contributed by atoms with Crippen LogP contribution in [0.15, 0.2) is 43.0 Å². The zero-order chi connectivity index (χ0) is 35.2. The number of ether oxygens (including phenoxy) is 1. The minimum absolute atomic E-state index is 0.0194. The van der Waals surface area contributed by atoms with Gasteiger partial charge in [-0.2, -0.15) is 18.3 Å². The second-order valence-corrected chi connectivity index (χ2v) is 13.2. The number of carbonyl (C=O) groups excluding carboxylic acids is 2. The number of benzene rings is 1. The molecule has 1 fully saturated rings. The van der Waals surface area contributed by atoms with Gasteiger partial charge in [-0.15, -0.1) is 0 Å². The molecule has 2 aromatic heterocycles. The van der Waals surface area contributed by atoms with Gasteiger partial charge in [0.1, 0.15) is 30.3 Å². The first-order valence-electron chi connectivity index (χ1n) is 14.8. The van der Waals surface area contributed by atoms with Crippen LogP contribution in [0.4, 0.5) is 26.7 Å². The van der Waals surface area contributed by atoms with Crippen molar-refractivity contribution < 1.29 is 36.3 Å². The van der Waals surface area contributed by atoms with Crippen LogP contribution in [0, 0.1) is 16.7 Å². The van der Waals surface area contributed by atoms with Gasteiger partial charge in [-0.1, -0.05) is 44.5 Å². The Balaban J connectivity index is 1.57. The number of imidazole rings is 1. The van der Waals surface area contributed by atoms with Crippen LogP contribution in [0.1, 0.15) is 63.8 Å². The number of amides is 2. The molecule has 1 unspecified atom stereocenters. The van der Waals surface area contributed by atoms with Gasteiger partial charge in [-0.05, 0) is 42.5 Å². The highest BCUT2D eigenvalue weighted by atomic mass is 35.5. The van der Waals surface area contributed by atoms with E-state index in [2.05, 4.69) is 20.4 Å². The molecule has 0 bridgehead atoms. The molecule has 0 saturated carbocycles. The third-order valence-electron chi connectivity index (χ3n) is 8.11. The Morgan fingerprint density at radius 3 is 2.65 bits per heavy atom. The highest BCUT2D eigenvalue weighted by molar-refractivity contribution is 6.32.